The molecule has 100 valence electrons. The van der Waals surface area contributed by atoms with Gasteiger partial charge in [0.25, 0.3) is 0 Å². The van der Waals surface area contributed by atoms with Crippen LogP contribution >= 0.6 is 0 Å². The number of aryl methyl sites for hydroxylation is 1. The van der Waals surface area contributed by atoms with Crippen molar-refractivity contribution in [3.63, 3.8) is 0 Å². The Morgan fingerprint density at radius 2 is 2.06 bits per heavy atom. The van der Waals surface area contributed by atoms with Crippen LogP contribution in [0.3, 0.4) is 0 Å². The van der Waals surface area contributed by atoms with Crippen molar-refractivity contribution in [1.82, 2.24) is 0 Å². The van der Waals surface area contributed by atoms with Crippen LogP contribution in [-0.4, -0.2) is 19.4 Å². The number of hydrogen-bond acceptors (Lipinski definition) is 3. The maximum atomic E-state index is 12.4. The van der Waals surface area contributed by atoms with Crippen molar-refractivity contribution in [1.29, 1.82) is 0 Å². The first-order valence-electron chi connectivity index (χ1n) is 6.38. The van der Waals surface area contributed by atoms with Gasteiger partial charge in [0.2, 0.25) is 0 Å². The molecule has 1 aromatic rings. The van der Waals surface area contributed by atoms with Crippen molar-refractivity contribution in [2.75, 3.05) is 13.7 Å². The lowest BCUT2D eigenvalue weighted by atomic mass is 9.88. The summed E-state index contributed by atoms with van der Waals surface area (Å²) < 4.78 is 5.15. The highest BCUT2D eigenvalue weighted by Crippen LogP contribution is 2.22. The molecule has 0 aromatic heterocycles. The van der Waals surface area contributed by atoms with Crippen LogP contribution in [0.15, 0.2) is 18.2 Å². The minimum absolute atomic E-state index is 0.0860. The van der Waals surface area contributed by atoms with E-state index in [0.717, 1.165) is 23.3 Å². The topological polar surface area (TPSA) is 52.3 Å². The van der Waals surface area contributed by atoms with E-state index in [4.69, 9.17) is 10.5 Å². The van der Waals surface area contributed by atoms with E-state index >= 15 is 0 Å². The van der Waals surface area contributed by atoms with Gasteiger partial charge in [0.1, 0.15) is 5.75 Å². The van der Waals surface area contributed by atoms with Gasteiger partial charge in [-0.05, 0) is 43.0 Å². The van der Waals surface area contributed by atoms with E-state index in [0.29, 0.717) is 12.5 Å². The Balaban J connectivity index is 2.94. The quantitative estimate of drug-likeness (QED) is 0.789. The average molecular weight is 249 g/mol. The zero-order valence-electron chi connectivity index (χ0n) is 11.7. The fraction of sp³-hybridized carbons (Fsp3) is 0.533. The second kappa shape index (κ2) is 6.55. The van der Waals surface area contributed by atoms with Crippen LogP contribution in [0, 0.1) is 18.8 Å². The van der Waals surface area contributed by atoms with Gasteiger partial charge in [-0.3, -0.25) is 4.79 Å². The average Bonchev–Trinajstić information content (AvgIpc) is 2.34. The smallest absolute Gasteiger partial charge is 0.167 e. The molecular weight excluding hydrogens is 226 g/mol. The fourth-order valence-corrected chi connectivity index (χ4v) is 2.14. The van der Waals surface area contributed by atoms with Crippen molar-refractivity contribution in [2.45, 2.75) is 27.2 Å². The number of ketones is 1. The maximum Gasteiger partial charge on any atom is 0.167 e. The summed E-state index contributed by atoms with van der Waals surface area (Å²) in [5.74, 6) is 1.31. The molecule has 0 amide bonds. The molecule has 0 heterocycles. The molecule has 0 saturated heterocycles. The highest BCUT2D eigenvalue weighted by molar-refractivity contribution is 5.99. The summed E-state index contributed by atoms with van der Waals surface area (Å²) in [5.41, 5.74) is 7.42. The third-order valence-corrected chi connectivity index (χ3v) is 3.11. The van der Waals surface area contributed by atoms with Crippen LogP contribution in [0.1, 0.15) is 36.2 Å². The number of carbonyl (C=O) groups excluding carboxylic acids is 1. The van der Waals surface area contributed by atoms with Gasteiger partial charge >= 0.3 is 0 Å². The molecule has 3 heteroatoms. The summed E-state index contributed by atoms with van der Waals surface area (Å²) in [4.78, 5) is 12.4. The van der Waals surface area contributed by atoms with E-state index in [1.54, 1.807) is 7.11 Å². The number of rotatable bonds is 6. The molecule has 1 atom stereocenters. The molecule has 0 saturated carbocycles. The molecule has 0 aliphatic carbocycles. The number of carbonyl (C=O) groups is 1. The summed E-state index contributed by atoms with van der Waals surface area (Å²) in [6, 6.07) is 5.54. The molecule has 1 aromatic carbocycles. The number of Topliss-reactive ketones (excluding diaryl/α,β-unsaturated/α-hetero) is 1. The number of ether oxygens (including phenoxy) is 1. The van der Waals surface area contributed by atoms with Gasteiger partial charge < -0.3 is 10.5 Å². The lowest BCUT2D eigenvalue weighted by molar-refractivity contribution is 0.0908. The van der Waals surface area contributed by atoms with Gasteiger partial charge in [0.05, 0.1) is 7.11 Å². The number of nitrogens with two attached hydrogens (primary N) is 1. The molecule has 1 unspecified atom stereocenters. The monoisotopic (exact) mass is 249 g/mol. The molecule has 1 rings (SSSR count). The third kappa shape index (κ3) is 3.57. The summed E-state index contributed by atoms with van der Waals surface area (Å²) in [6.45, 7) is 6.55. The lowest BCUT2D eigenvalue weighted by Crippen LogP contribution is -2.25. The Kier molecular flexibility index (Phi) is 5.35. The summed E-state index contributed by atoms with van der Waals surface area (Å²) in [7, 11) is 1.62. The Morgan fingerprint density at radius 1 is 1.39 bits per heavy atom. The Bertz CT molecular complexity index is 413. The lowest BCUT2D eigenvalue weighted by Gasteiger charge is -2.17. The summed E-state index contributed by atoms with van der Waals surface area (Å²) in [5, 5.41) is 0. The normalized spacial score (nSPS) is 12.6. The van der Waals surface area contributed by atoms with E-state index in [1.807, 2.05) is 25.1 Å². The largest absolute Gasteiger partial charge is 0.497 e. The Morgan fingerprint density at radius 3 is 2.50 bits per heavy atom. The van der Waals surface area contributed by atoms with Crippen molar-refractivity contribution in [3.8, 4) is 5.75 Å². The second-order valence-electron chi connectivity index (χ2n) is 5.11. The van der Waals surface area contributed by atoms with Crippen LogP contribution in [-0.2, 0) is 0 Å². The number of benzene rings is 1. The van der Waals surface area contributed by atoms with Crippen LogP contribution < -0.4 is 10.5 Å². The Hall–Kier alpha value is -1.35. The first kappa shape index (κ1) is 14.7. The van der Waals surface area contributed by atoms with E-state index < -0.39 is 0 Å². The standard InChI is InChI=1S/C15H23NO2/c1-10(2)7-12(9-16)15(17)14-6-5-13(18-4)8-11(14)3/h5-6,8,10,12H,7,9,16H2,1-4H3. The molecule has 18 heavy (non-hydrogen) atoms. The molecule has 0 bridgehead atoms. The van der Waals surface area contributed by atoms with Gasteiger partial charge in [0.15, 0.2) is 5.78 Å². The number of hydrogen-bond donors (Lipinski definition) is 1. The van der Waals surface area contributed by atoms with Crippen LogP contribution in [0.2, 0.25) is 0 Å². The number of methoxy groups -OCH3 is 1. The predicted octanol–water partition coefficient (Wildman–Crippen LogP) is 2.81. The Labute approximate surface area is 109 Å². The molecule has 0 aliphatic rings. The van der Waals surface area contributed by atoms with Gasteiger partial charge in [-0.15, -0.1) is 0 Å². The fourth-order valence-electron chi connectivity index (χ4n) is 2.14. The van der Waals surface area contributed by atoms with Gasteiger partial charge in [-0.1, -0.05) is 13.8 Å². The highest BCUT2D eigenvalue weighted by Gasteiger charge is 2.21. The first-order chi connectivity index (χ1) is 8.49. The SMILES string of the molecule is COc1ccc(C(=O)C(CN)CC(C)C)c(C)c1. The van der Waals surface area contributed by atoms with E-state index in [9.17, 15) is 4.79 Å². The maximum absolute atomic E-state index is 12.4. The van der Waals surface area contributed by atoms with Crippen molar-refractivity contribution >= 4 is 5.78 Å². The zero-order valence-corrected chi connectivity index (χ0v) is 11.7. The molecular formula is C15H23NO2. The molecule has 2 N–H and O–H groups in total. The summed E-state index contributed by atoms with van der Waals surface area (Å²) >= 11 is 0. The van der Waals surface area contributed by atoms with E-state index in [1.165, 1.54) is 0 Å². The zero-order chi connectivity index (χ0) is 13.7. The van der Waals surface area contributed by atoms with Crippen LogP contribution in [0.4, 0.5) is 0 Å². The van der Waals surface area contributed by atoms with Gasteiger partial charge in [-0.2, -0.15) is 0 Å². The molecule has 0 fully saturated rings. The van der Waals surface area contributed by atoms with Crippen molar-refractivity contribution in [2.24, 2.45) is 17.6 Å². The van der Waals surface area contributed by atoms with Crippen LogP contribution in [0.25, 0.3) is 0 Å². The molecule has 3 nitrogen and oxygen atoms in total. The van der Waals surface area contributed by atoms with Crippen molar-refractivity contribution in [3.05, 3.63) is 29.3 Å². The van der Waals surface area contributed by atoms with E-state index in [2.05, 4.69) is 13.8 Å². The molecule has 0 spiro atoms. The van der Waals surface area contributed by atoms with Crippen molar-refractivity contribution < 1.29 is 9.53 Å². The van der Waals surface area contributed by atoms with E-state index in [-0.39, 0.29) is 11.7 Å². The third-order valence-electron chi connectivity index (χ3n) is 3.11. The minimum Gasteiger partial charge on any atom is -0.497 e. The van der Waals surface area contributed by atoms with Gasteiger partial charge in [0, 0.05) is 18.0 Å². The molecule has 0 aliphatic heterocycles. The molecule has 0 radical (unpaired) electrons. The first-order valence-corrected chi connectivity index (χ1v) is 6.38. The van der Waals surface area contributed by atoms with Gasteiger partial charge in [-0.25, -0.2) is 0 Å². The summed E-state index contributed by atoms with van der Waals surface area (Å²) in [6.07, 6.45) is 0.834. The second-order valence-corrected chi connectivity index (χ2v) is 5.11. The highest BCUT2D eigenvalue weighted by atomic mass is 16.5. The minimum atomic E-state index is -0.0860. The van der Waals surface area contributed by atoms with Crippen LogP contribution in [0.5, 0.6) is 5.75 Å². The predicted molar refractivity (Wildman–Crippen MR) is 74.1 cm³/mol.